The molecule has 1 heterocycles. The molecule has 3 unspecified atom stereocenters. The first-order valence-electron chi connectivity index (χ1n) is 7.06. The van der Waals surface area contributed by atoms with E-state index in [2.05, 4.69) is 0 Å². The molecule has 0 spiro atoms. The van der Waals surface area contributed by atoms with E-state index in [4.69, 9.17) is 4.74 Å². The summed E-state index contributed by atoms with van der Waals surface area (Å²) in [5.74, 6) is 0.699. The molecule has 2 bridgehead atoms. The maximum absolute atomic E-state index is 12.6. The number of ether oxygens (including phenoxy) is 1. The first-order chi connectivity index (χ1) is 8.34. The molecule has 2 saturated carbocycles. The van der Waals surface area contributed by atoms with Gasteiger partial charge in [0.25, 0.3) is 5.54 Å². The summed E-state index contributed by atoms with van der Waals surface area (Å²) in [7, 11) is 0. The average molecular weight is 250 g/mol. The molecule has 4 atom stereocenters. The van der Waals surface area contributed by atoms with E-state index in [0.717, 1.165) is 25.7 Å². The van der Waals surface area contributed by atoms with Gasteiger partial charge in [-0.1, -0.05) is 0 Å². The van der Waals surface area contributed by atoms with E-state index in [1.54, 1.807) is 0 Å². The average Bonchev–Trinajstić information content (AvgIpc) is 2.77. The summed E-state index contributed by atoms with van der Waals surface area (Å²) in [6.45, 7) is 5.66. The fraction of sp³-hybridized carbons (Fsp3) is 0.929. The van der Waals surface area contributed by atoms with Crippen molar-refractivity contribution in [2.24, 2.45) is 11.8 Å². The summed E-state index contributed by atoms with van der Waals surface area (Å²) in [6.07, 6.45) is 4.98. The Morgan fingerprint density at radius 1 is 1.39 bits per heavy atom. The lowest BCUT2D eigenvalue weighted by atomic mass is 9.68. The quantitative estimate of drug-likeness (QED) is 0.530. The molecule has 0 aromatic rings. The summed E-state index contributed by atoms with van der Waals surface area (Å²) in [6, 6.07) is 0.174. The zero-order valence-corrected chi connectivity index (χ0v) is 11.5. The van der Waals surface area contributed by atoms with E-state index in [0.29, 0.717) is 11.8 Å². The van der Waals surface area contributed by atoms with Gasteiger partial charge in [0.2, 0.25) is 0 Å². The number of hydrogen-bond donors (Lipinski definition) is 0. The molecule has 100 valence electrons. The zero-order chi connectivity index (χ0) is 13.1. The van der Waals surface area contributed by atoms with Gasteiger partial charge in [-0.2, -0.15) is 0 Å². The van der Waals surface area contributed by atoms with Gasteiger partial charge in [-0.25, -0.2) is 4.79 Å². The van der Waals surface area contributed by atoms with E-state index in [1.807, 2.05) is 20.8 Å². The predicted molar refractivity (Wildman–Crippen MR) is 66.0 cm³/mol. The minimum Gasteiger partial charge on any atom is -0.506 e. The van der Waals surface area contributed by atoms with Crippen molar-refractivity contribution >= 4 is 5.97 Å². The van der Waals surface area contributed by atoms with Crippen LogP contribution in [0.3, 0.4) is 0 Å². The van der Waals surface area contributed by atoms with Gasteiger partial charge in [0.1, 0.15) is 11.6 Å². The number of nitrogens with zero attached hydrogens (tertiary/aromatic N) is 2. The van der Waals surface area contributed by atoms with E-state index in [-0.39, 0.29) is 12.0 Å². The Balaban J connectivity index is 1.93. The second-order valence-electron chi connectivity index (χ2n) is 7.15. The van der Waals surface area contributed by atoms with Crippen LogP contribution in [0.15, 0.2) is 0 Å². The van der Waals surface area contributed by atoms with Crippen molar-refractivity contribution in [2.45, 2.75) is 70.1 Å². The van der Waals surface area contributed by atoms with Crippen molar-refractivity contribution in [1.82, 2.24) is 0 Å². The van der Waals surface area contributed by atoms with Crippen LogP contribution < -0.4 is 0 Å². The standard InChI is InChI=1S/C14H22N2O2/c1-13(2,3)18-12(17)14-6-4-5-9-7-10(16(14)15)8-11(9)14/h9-11H,4-8H2,1-3H3/t9?,10?,11?,14-/m0/s1. The van der Waals surface area contributed by atoms with Crippen molar-refractivity contribution < 1.29 is 14.2 Å². The highest BCUT2D eigenvalue weighted by atomic mass is 16.6. The van der Waals surface area contributed by atoms with Crippen LogP contribution in [-0.4, -0.2) is 27.8 Å². The third kappa shape index (κ3) is 1.47. The Bertz CT molecular complexity index is 413. The van der Waals surface area contributed by atoms with Crippen LogP contribution in [0.25, 0.3) is 5.53 Å². The molecule has 3 aliphatic rings. The number of carbonyl (C=O) groups excluding carboxylic acids is 1. The van der Waals surface area contributed by atoms with Gasteiger partial charge in [0.05, 0.1) is 0 Å². The van der Waals surface area contributed by atoms with Gasteiger partial charge >= 0.3 is 5.97 Å². The summed E-state index contributed by atoms with van der Waals surface area (Å²) in [5, 5.41) is 0. The smallest absolute Gasteiger partial charge is 0.378 e. The number of fused-ring (bicyclic) bond motifs is 1. The third-order valence-electron chi connectivity index (χ3n) is 4.92. The van der Waals surface area contributed by atoms with Gasteiger partial charge in [0.15, 0.2) is 0 Å². The number of piperidine rings is 1. The summed E-state index contributed by atoms with van der Waals surface area (Å²) < 4.78 is 6.93. The lowest BCUT2D eigenvalue weighted by Crippen LogP contribution is -2.58. The first kappa shape index (κ1) is 12.1. The molecule has 3 rings (SSSR count). The maximum Gasteiger partial charge on any atom is 0.378 e. The molecule has 1 aliphatic heterocycles. The molecule has 1 saturated heterocycles. The molecule has 0 N–H and O–H groups in total. The van der Waals surface area contributed by atoms with Crippen molar-refractivity contribution in [3.05, 3.63) is 5.53 Å². The number of esters is 1. The number of rotatable bonds is 1. The first-order valence-corrected chi connectivity index (χ1v) is 7.06. The van der Waals surface area contributed by atoms with Crippen molar-refractivity contribution in [2.75, 3.05) is 0 Å². The highest BCUT2D eigenvalue weighted by Gasteiger charge is 2.69. The van der Waals surface area contributed by atoms with E-state index in [9.17, 15) is 10.3 Å². The molecule has 2 aliphatic carbocycles. The van der Waals surface area contributed by atoms with Crippen LogP contribution in [-0.2, 0) is 9.53 Å². The maximum atomic E-state index is 12.6. The SMILES string of the molecule is CC(C)(C)OC(=O)[C@]12CCCC3CC(CC31)[N+]2=[N-]. The van der Waals surface area contributed by atoms with E-state index >= 15 is 0 Å². The molecule has 3 fully saturated rings. The van der Waals surface area contributed by atoms with Gasteiger partial charge in [-0.3, -0.25) is 0 Å². The number of carbonyl (C=O) groups is 1. The van der Waals surface area contributed by atoms with Gasteiger partial charge < -0.3 is 15.0 Å². The Hall–Kier alpha value is -0.930. The molecule has 0 amide bonds. The minimum absolute atomic E-state index is 0.174. The summed E-state index contributed by atoms with van der Waals surface area (Å²) >= 11 is 0. The zero-order valence-electron chi connectivity index (χ0n) is 11.5. The van der Waals surface area contributed by atoms with Crippen molar-refractivity contribution in [1.29, 1.82) is 0 Å². The monoisotopic (exact) mass is 250 g/mol. The lowest BCUT2D eigenvalue weighted by molar-refractivity contribution is -0.642. The van der Waals surface area contributed by atoms with Gasteiger partial charge in [-0.15, -0.1) is 0 Å². The van der Waals surface area contributed by atoms with E-state index in [1.165, 1.54) is 11.1 Å². The Morgan fingerprint density at radius 3 is 2.72 bits per heavy atom. The summed E-state index contributed by atoms with van der Waals surface area (Å²) in [4.78, 5) is 12.6. The topological polar surface area (TPSA) is 51.6 Å². The summed E-state index contributed by atoms with van der Waals surface area (Å²) in [5.41, 5.74) is 9.16. The van der Waals surface area contributed by atoms with Crippen molar-refractivity contribution in [3.8, 4) is 0 Å². The van der Waals surface area contributed by atoms with Crippen LogP contribution in [0, 0.1) is 11.8 Å². The number of hydrogen-bond acceptors (Lipinski definition) is 2. The third-order valence-corrected chi connectivity index (χ3v) is 4.92. The normalized spacial score (nSPS) is 42.2. The lowest BCUT2D eigenvalue weighted by Gasteiger charge is -2.43. The van der Waals surface area contributed by atoms with E-state index < -0.39 is 11.1 Å². The Morgan fingerprint density at radius 2 is 2.11 bits per heavy atom. The molecule has 4 heteroatoms. The molecule has 0 aromatic heterocycles. The van der Waals surface area contributed by atoms with Crippen LogP contribution in [0.5, 0.6) is 0 Å². The highest BCUT2D eigenvalue weighted by molar-refractivity contribution is 5.81. The fourth-order valence-electron chi connectivity index (χ4n) is 4.34. The Kier molecular flexibility index (Phi) is 2.39. The highest BCUT2D eigenvalue weighted by Crippen LogP contribution is 2.57. The Labute approximate surface area is 108 Å². The largest absolute Gasteiger partial charge is 0.506 e. The minimum atomic E-state index is -0.737. The molecule has 18 heavy (non-hydrogen) atoms. The van der Waals surface area contributed by atoms with Crippen LogP contribution in [0.1, 0.15) is 52.9 Å². The van der Waals surface area contributed by atoms with Gasteiger partial charge in [-0.05, 0) is 39.5 Å². The van der Waals surface area contributed by atoms with Gasteiger partial charge in [0, 0.05) is 25.2 Å². The predicted octanol–water partition coefficient (Wildman–Crippen LogP) is 2.69. The molecular weight excluding hydrogens is 228 g/mol. The molecule has 0 aromatic carbocycles. The van der Waals surface area contributed by atoms with Crippen molar-refractivity contribution in [3.63, 3.8) is 0 Å². The second-order valence-corrected chi connectivity index (χ2v) is 7.15. The molecule has 4 nitrogen and oxygen atoms in total. The van der Waals surface area contributed by atoms with Crippen LogP contribution in [0.4, 0.5) is 0 Å². The molecular formula is C14H22N2O2. The van der Waals surface area contributed by atoms with Crippen LogP contribution in [0.2, 0.25) is 0 Å². The van der Waals surface area contributed by atoms with Crippen LogP contribution >= 0.6 is 0 Å². The second kappa shape index (κ2) is 3.55. The molecule has 0 radical (unpaired) electrons. The fourth-order valence-corrected chi connectivity index (χ4v) is 4.34.